The number of aromatic nitrogens is 2. The highest BCUT2D eigenvalue weighted by Crippen LogP contribution is 2.23. The van der Waals surface area contributed by atoms with Gasteiger partial charge >= 0.3 is 0 Å². The molecule has 0 aliphatic carbocycles. The van der Waals surface area contributed by atoms with Gasteiger partial charge in [0.25, 0.3) is 5.91 Å². The fraction of sp³-hybridized carbons (Fsp3) is 0.0968. The summed E-state index contributed by atoms with van der Waals surface area (Å²) in [5, 5.41) is 13.5. The number of hydrogen-bond acceptors (Lipinski definition) is 4. The quantitative estimate of drug-likeness (QED) is 0.223. The maximum absolute atomic E-state index is 13.5. The molecule has 5 aromatic rings. The van der Waals surface area contributed by atoms with Crippen LogP contribution in [0.1, 0.15) is 18.1 Å². The Labute approximate surface area is 225 Å². The molecule has 7 nitrogen and oxygen atoms in total. The largest absolute Gasteiger partial charge is 0.344 e. The number of rotatable bonds is 8. The van der Waals surface area contributed by atoms with Crippen molar-refractivity contribution in [3.8, 4) is 16.9 Å². The number of para-hydroxylation sites is 1. The second kappa shape index (κ2) is 11.5. The maximum atomic E-state index is 13.5. The Balaban J connectivity index is 1.26. The summed E-state index contributed by atoms with van der Waals surface area (Å²) < 4.78 is 15.2. The second-order valence-corrected chi connectivity index (χ2v) is 9.06. The third kappa shape index (κ3) is 6.07. The van der Waals surface area contributed by atoms with E-state index < -0.39 is 11.9 Å². The van der Waals surface area contributed by atoms with E-state index in [0.717, 1.165) is 22.0 Å². The van der Waals surface area contributed by atoms with Gasteiger partial charge in [0.05, 0.1) is 18.3 Å². The van der Waals surface area contributed by atoms with Crippen molar-refractivity contribution in [2.75, 3.05) is 0 Å². The monoisotopic (exact) mass is 519 g/mol. The van der Waals surface area contributed by atoms with Crippen molar-refractivity contribution in [2.24, 2.45) is 5.10 Å². The number of halogens is 1. The Kier molecular flexibility index (Phi) is 7.54. The average molecular weight is 520 g/mol. The summed E-state index contributed by atoms with van der Waals surface area (Å²) in [6, 6.07) is 28.4. The summed E-state index contributed by atoms with van der Waals surface area (Å²) in [7, 11) is 0. The minimum absolute atomic E-state index is 0.155. The summed E-state index contributed by atoms with van der Waals surface area (Å²) >= 11 is 0. The molecule has 1 heterocycles. The molecule has 1 atom stereocenters. The van der Waals surface area contributed by atoms with Gasteiger partial charge in [0.15, 0.2) is 0 Å². The van der Waals surface area contributed by atoms with Crippen molar-refractivity contribution < 1.29 is 14.0 Å². The molecule has 2 amide bonds. The summed E-state index contributed by atoms with van der Waals surface area (Å²) in [6.45, 7) is 1.60. The second-order valence-electron chi connectivity index (χ2n) is 9.06. The van der Waals surface area contributed by atoms with Gasteiger partial charge in [0.2, 0.25) is 5.91 Å². The number of hydrogen-bond donors (Lipinski definition) is 2. The van der Waals surface area contributed by atoms with Crippen molar-refractivity contribution in [3.63, 3.8) is 0 Å². The third-order valence-corrected chi connectivity index (χ3v) is 6.26. The smallest absolute Gasteiger partial charge is 0.262 e. The number of nitrogens with zero attached hydrogens (tertiary/aromatic N) is 3. The number of nitrogens with one attached hydrogen (secondary N) is 2. The number of amides is 2. The Morgan fingerprint density at radius 1 is 0.949 bits per heavy atom. The molecule has 1 aromatic heterocycles. The van der Waals surface area contributed by atoms with Crippen LogP contribution in [0.2, 0.25) is 0 Å². The molecule has 39 heavy (non-hydrogen) atoms. The number of carbonyl (C=O) groups excluding carboxylic acids is 2. The lowest BCUT2D eigenvalue weighted by atomic mass is 10.0. The fourth-order valence-corrected chi connectivity index (χ4v) is 4.27. The van der Waals surface area contributed by atoms with Gasteiger partial charge in [0.1, 0.15) is 17.6 Å². The first kappa shape index (κ1) is 25.5. The molecule has 0 spiro atoms. The van der Waals surface area contributed by atoms with E-state index in [4.69, 9.17) is 0 Å². The van der Waals surface area contributed by atoms with Gasteiger partial charge in [-0.25, -0.2) is 14.5 Å². The van der Waals surface area contributed by atoms with E-state index in [-0.39, 0.29) is 18.1 Å². The maximum Gasteiger partial charge on any atom is 0.262 e. The molecule has 0 fully saturated rings. The lowest BCUT2D eigenvalue weighted by Crippen LogP contribution is -2.43. The fourth-order valence-electron chi connectivity index (χ4n) is 4.27. The van der Waals surface area contributed by atoms with Crippen LogP contribution < -0.4 is 10.7 Å². The summed E-state index contributed by atoms with van der Waals surface area (Å²) in [5.74, 6) is -1.07. The first-order valence-corrected chi connectivity index (χ1v) is 12.5. The van der Waals surface area contributed by atoms with Gasteiger partial charge in [-0.15, -0.1) is 0 Å². The van der Waals surface area contributed by atoms with Gasteiger partial charge in [0, 0.05) is 17.3 Å². The van der Waals surface area contributed by atoms with E-state index in [0.29, 0.717) is 16.8 Å². The van der Waals surface area contributed by atoms with Gasteiger partial charge < -0.3 is 5.32 Å². The molecule has 5 rings (SSSR count). The van der Waals surface area contributed by atoms with Gasteiger partial charge in [-0.2, -0.15) is 10.2 Å². The third-order valence-electron chi connectivity index (χ3n) is 6.26. The van der Waals surface area contributed by atoms with Crippen LogP contribution in [0.25, 0.3) is 27.7 Å². The van der Waals surface area contributed by atoms with E-state index >= 15 is 0 Å². The molecule has 0 saturated carbocycles. The molecule has 8 heteroatoms. The van der Waals surface area contributed by atoms with Crippen LogP contribution in [0.4, 0.5) is 4.39 Å². The van der Waals surface area contributed by atoms with E-state index in [1.165, 1.54) is 18.3 Å². The molecule has 0 radical (unpaired) electrons. The number of fused-ring (bicyclic) bond motifs is 1. The number of benzene rings is 4. The Morgan fingerprint density at radius 2 is 1.67 bits per heavy atom. The zero-order valence-electron chi connectivity index (χ0n) is 21.2. The van der Waals surface area contributed by atoms with Crippen molar-refractivity contribution in [2.45, 2.75) is 19.4 Å². The molecular formula is C31H26FN5O2. The predicted octanol–water partition coefficient (Wildman–Crippen LogP) is 5.03. The summed E-state index contributed by atoms with van der Waals surface area (Å²) in [6.07, 6.45) is 3.41. The minimum atomic E-state index is -0.798. The topological polar surface area (TPSA) is 88.4 Å². The summed E-state index contributed by atoms with van der Waals surface area (Å²) in [5.41, 5.74) is 6.12. The van der Waals surface area contributed by atoms with Crippen molar-refractivity contribution >= 4 is 28.8 Å². The SMILES string of the molecule is CC(NC(=O)Cc1cccc2ccccc12)C(=O)NN=Cc1cn(-c2ccccc2)nc1-c1ccc(F)cc1. The Hall–Kier alpha value is -5.11. The molecule has 194 valence electrons. The number of carbonyl (C=O) groups is 2. The predicted molar refractivity (Wildman–Crippen MR) is 150 cm³/mol. The van der Waals surface area contributed by atoms with Crippen molar-refractivity contribution in [3.05, 3.63) is 120 Å². The molecule has 1 unspecified atom stereocenters. The van der Waals surface area contributed by atoms with E-state index in [2.05, 4.69) is 20.9 Å². The van der Waals surface area contributed by atoms with Gasteiger partial charge in [-0.3, -0.25) is 9.59 Å². The van der Waals surface area contributed by atoms with Crippen LogP contribution in [0.3, 0.4) is 0 Å². The molecule has 2 N–H and O–H groups in total. The first-order chi connectivity index (χ1) is 19.0. The van der Waals surface area contributed by atoms with Crippen LogP contribution in [0.15, 0.2) is 108 Å². The van der Waals surface area contributed by atoms with Crippen molar-refractivity contribution in [1.29, 1.82) is 0 Å². The van der Waals surface area contributed by atoms with Gasteiger partial charge in [-0.1, -0.05) is 60.7 Å². The zero-order valence-corrected chi connectivity index (χ0v) is 21.2. The van der Waals surface area contributed by atoms with E-state index in [1.54, 1.807) is 29.9 Å². The molecular weight excluding hydrogens is 493 g/mol. The Bertz CT molecular complexity index is 1640. The first-order valence-electron chi connectivity index (χ1n) is 12.5. The van der Waals surface area contributed by atoms with Crippen LogP contribution in [0, 0.1) is 5.82 Å². The van der Waals surface area contributed by atoms with E-state index in [9.17, 15) is 14.0 Å². The minimum Gasteiger partial charge on any atom is -0.344 e. The lowest BCUT2D eigenvalue weighted by molar-refractivity contribution is -0.128. The number of hydrazone groups is 1. The summed E-state index contributed by atoms with van der Waals surface area (Å²) in [4.78, 5) is 25.3. The molecule has 0 aliphatic heterocycles. The van der Waals surface area contributed by atoms with Crippen LogP contribution >= 0.6 is 0 Å². The highest BCUT2D eigenvalue weighted by molar-refractivity contribution is 5.93. The van der Waals surface area contributed by atoms with Crippen LogP contribution in [0.5, 0.6) is 0 Å². The Morgan fingerprint density at radius 3 is 2.46 bits per heavy atom. The normalized spacial score (nSPS) is 11.9. The van der Waals surface area contributed by atoms with Crippen molar-refractivity contribution in [1.82, 2.24) is 20.5 Å². The van der Waals surface area contributed by atoms with Crippen LogP contribution in [-0.2, 0) is 16.0 Å². The standard InChI is InChI=1S/C31H26FN5O2/c1-21(34-29(38)18-24-10-7-9-22-8-5-6-13-28(22)24)31(39)35-33-19-25-20-37(27-11-3-2-4-12-27)36-30(25)23-14-16-26(32)17-15-23/h2-17,19-21H,18H2,1H3,(H,34,38)(H,35,39). The molecule has 4 aromatic carbocycles. The lowest BCUT2D eigenvalue weighted by Gasteiger charge is -2.13. The zero-order chi connectivity index (χ0) is 27.2. The highest BCUT2D eigenvalue weighted by atomic mass is 19.1. The highest BCUT2D eigenvalue weighted by Gasteiger charge is 2.17. The average Bonchev–Trinajstić information content (AvgIpc) is 3.38. The van der Waals surface area contributed by atoms with Gasteiger partial charge in [-0.05, 0) is 59.7 Å². The molecule has 0 bridgehead atoms. The molecule has 0 saturated heterocycles. The van der Waals surface area contributed by atoms with Crippen LogP contribution in [-0.4, -0.2) is 33.9 Å². The van der Waals surface area contributed by atoms with E-state index in [1.807, 2.05) is 72.8 Å². The molecule has 0 aliphatic rings.